The summed E-state index contributed by atoms with van der Waals surface area (Å²) in [4.78, 5) is 0.0130. The predicted molar refractivity (Wildman–Crippen MR) is 57.1 cm³/mol. The maximum absolute atomic E-state index is 11.6. The van der Waals surface area contributed by atoms with E-state index >= 15 is 0 Å². The van der Waals surface area contributed by atoms with Crippen LogP contribution in [-0.2, 0) is 9.84 Å². The predicted octanol–water partition coefficient (Wildman–Crippen LogP) is 1.11. The van der Waals surface area contributed by atoms with E-state index in [1.807, 2.05) is 0 Å². The van der Waals surface area contributed by atoms with Gasteiger partial charge in [-0.2, -0.15) is 0 Å². The van der Waals surface area contributed by atoms with Crippen molar-refractivity contribution in [3.05, 3.63) is 23.2 Å². The second kappa shape index (κ2) is 4.83. The molecule has 0 aliphatic rings. The second-order valence-electron chi connectivity index (χ2n) is 2.84. The van der Waals surface area contributed by atoms with Gasteiger partial charge in [-0.1, -0.05) is 11.6 Å². The summed E-state index contributed by atoms with van der Waals surface area (Å²) in [6.45, 7) is -0.426. The standard InChI is InChI=1S/C9H11ClO4S/c1-14-7-2-3-9(8(10)6-7)15(12,13)5-4-11/h2-3,6,11H,4-5H2,1H3. The van der Waals surface area contributed by atoms with Gasteiger partial charge in [-0.25, -0.2) is 8.42 Å². The molecule has 1 aromatic rings. The number of benzene rings is 1. The molecule has 4 nitrogen and oxygen atoms in total. The number of hydrogen-bond acceptors (Lipinski definition) is 4. The van der Waals surface area contributed by atoms with Crippen LogP contribution in [0.25, 0.3) is 0 Å². The van der Waals surface area contributed by atoms with Crippen molar-refractivity contribution >= 4 is 21.4 Å². The highest BCUT2D eigenvalue weighted by Gasteiger charge is 2.17. The van der Waals surface area contributed by atoms with Crippen LogP contribution in [0.15, 0.2) is 23.1 Å². The van der Waals surface area contributed by atoms with E-state index in [-0.39, 0.29) is 15.7 Å². The van der Waals surface area contributed by atoms with E-state index in [0.717, 1.165) is 0 Å². The van der Waals surface area contributed by atoms with Crippen LogP contribution in [0.3, 0.4) is 0 Å². The number of ether oxygens (including phenoxy) is 1. The molecule has 0 fully saturated rings. The fourth-order valence-electron chi connectivity index (χ4n) is 1.09. The first-order chi connectivity index (χ1) is 7.01. The lowest BCUT2D eigenvalue weighted by Gasteiger charge is -2.06. The van der Waals surface area contributed by atoms with Gasteiger partial charge in [0.15, 0.2) is 9.84 Å². The Kier molecular flexibility index (Phi) is 3.96. The van der Waals surface area contributed by atoms with Gasteiger partial charge in [0.2, 0.25) is 0 Å². The van der Waals surface area contributed by atoms with Crippen LogP contribution in [0.4, 0.5) is 0 Å². The molecule has 1 rings (SSSR count). The minimum atomic E-state index is -3.50. The molecule has 0 amide bonds. The Hall–Kier alpha value is -0.780. The van der Waals surface area contributed by atoms with Gasteiger partial charge in [0.25, 0.3) is 0 Å². The normalized spacial score (nSPS) is 11.4. The Labute approximate surface area is 93.4 Å². The Morgan fingerprint density at radius 1 is 1.47 bits per heavy atom. The fraction of sp³-hybridized carbons (Fsp3) is 0.333. The van der Waals surface area contributed by atoms with Crippen molar-refractivity contribution in [2.24, 2.45) is 0 Å². The minimum Gasteiger partial charge on any atom is -0.497 e. The first kappa shape index (κ1) is 12.3. The van der Waals surface area contributed by atoms with E-state index in [1.54, 1.807) is 0 Å². The smallest absolute Gasteiger partial charge is 0.182 e. The van der Waals surface area contributed by atoms with Crippen molar-refractivity contribution in [2.75, 3.05) is 19.5 Å². The highest BCUT2D eigenvalue weighted by Crippen LogP contribution is 2.26. The molecule has 1 N–H and O–H groups in total. The van der Waals surface area contributed by atoms with Crippen LogP contribution in [0, 0.1) is 0 Å². The lowest BCUT2D eigenvalue weighted by atomic mass is 10.3. The zero-order valence-corrected chi connectivity index (χ0v) is 9.68. The fourth-order valence-corrected chi connectivity index (χ4v) is 2.71. The van der Waals surface area contributed by atoms with Gasteiger partial charge in [0.05, 0.1) is 29.4 Å². The average molecular weight is 251 g/mol. The average Bonchev–Trinajstić information content (AvgIpc) is 2.17. The third kappa shape index (κ3) is 2.84. The van der Waals surface area contributed by atoms with E-state index in [1.165, 1.54) is 25.3 Å². The molecule has 0 atom stereocenters. The molecule has 1 aromatic carbocycles. The van der Waals surface area contributed by atoms with Gasteiger partial charge < -0.3 is 9.84 Å². The molecule has 0 spiro atoms. The molecule has 15 heavy (non-hydrogen) atoms. The summed E-state index contributed by atoms with van der Waals surface area (Å²) in [5, 5.41) is 8.71. The summed E-state index contributed by atoms with van der Waals surface area (Å²) in [5.41, 5.74) is 0. The number of aliphatic hydroxyl groups excluding tert-OH is 1. The molecule has 0 saturated carbocycles. The van der Waals surface area contributed by atoms with E-state index in [2.05, 4.69) is 0 Å². The Morgan fingerprint density at radius 3 is 2.60 bits per heavy atom. The van der Waals surface area contributed by atoms with Crippen LogP contribution in [0.1, 0.15) is 0 Å². The van der Waals surface area contributed by atoms with Gasteiger partial charge >= 0.3 is 0 Å². The first-order valence-electron chi connectivity index (χ1n) is 4.18. The van der Waals surface area contributed by atoms with E-state index in [4.69, 9.17) is 21.4 Å². The molecular formula is C9H11ClO4S. The van der Waals surface area contributed by atoms with Gasteiger partial charge in [-0.3, -0.25) is 0 Å². The summed E-state index contributed by atoms with van der Waals surface area (Å²) >= 11 is 5.79. The third-order valence-electron chi connectivity index (χ3n) is 1.83. The Balaban J connectivity index is 3.16. The molecule has 6 heteroatoms. The maximum atomic E-state index is 11.6. The van der Waals surface area contributed by atoms with Crippen molar-refractivity contribution in [3.63, 3.8) is 0 Å². The SMILES string of the molecule is COc1ccc(S(=O)(=O)CCO)c(Cl)c1. The molecule has 0 unspecified atom stereocenters. The van der Waals surface area contributed by atoms with Crippen molar-refractivity contribution < 1.29 is 18.3 Å². The lowest BCUT2D eigenvalue weighted by Crippen LogP contribution is -2.10. The van der Waals surface area contributed by atoms with Gasteiger partial charge in [-0.15, -0.1) is 0 Å². The van der Waals surface area contributed by atoms with Crippen molar-refractivity contribution in [3.8, 4) is 5.75 Å². The molecule has 0 aromatic heterocycles. The zero-order valence-electron chi connectivity index (χ0n) is 8.10. The number of rotatable bonds is 4. The topological polar surface area (TPSA) is 63.6 Å². The number of aliphatic hydroxyl groups is 1. The van der Waals surface area contributed by atoms with Crippen LogP contribution in [0.2, 0.25) is 5.02 Å². The number of hydrogen-bond donors (Lipinski definition) is 1. The highest BCUT2D eigenvalue weighted by atomic mass is 35.5. The zero-order chi connectivity index (χ0) is 11.5. The van der Waals surface area contributed by atoms with Crippen molar-refractivity contribution in [1.82, 2.24) is 0 Å². The third-order valence-corrected chi connectivity index (χ3v) is 4.01. The van der Waals surface area contributed by atoms with Crippen LogP contribution in [-0.4, -0.2) is 33.0 Å². The molecule has 0 radical (unpaired) electrons. The largest absolute Gasteiger partial charge is 0.497 e. The molecular weight excluding hydrogens is 240 g/mol. The quantitative estimate of drug-likeness (QED) is 0.870. The lowest BCUT2D eigenvalue weighted by molar-refractivity contribution is 0.319. The molecule has 0 aliphatic heterocycles. The summed E-state index contributed by atoms with van der Waals surface area (Å²) in [6.07, 6.45) is 0. The van der Waals surface area contributed by atoms with Crippen LogP contribution < -0.4 is 4.74 Å². The number of methoxy groups -OCH3 is 1. The van der Waals surface area contributed by atoms with Gasteiger partial charge in [0.1, 0.15) is 5.75 Å². The summed E-state index contributed by atoms with van der Waals surface area (Å²) < 4.78 is 28.0. The van der Waals surface area contributed by atoms with Gasteiger partial charge in [0, 0.05) is 6.07 Å². The van der Waals surface area contributed by atoms with E-state index in [9.17, 15) is 8.42 Å². The van der Waals surface area contributed by atoms with Crippen molar-refractivity contribution in [1.29, 1.82) is 0 Å². The van der Waals surface area contributed by atoms with Gasteiger partial charge in [-0.05, 0) is 12.1 Å². The summed E-state index contributed by atoms with van der Waals surface area (Å²) in [5.74, 6) is 0.155. The highest BCUT2D eigenvalue weighted by molar-refractivity contribution is 7.91. The summed E-state index contributed by atoms with van der Waals surface area (Å²) in [7, 11) is -2.04. The second-order valence-corrected chi connectivity index (χ2v) is 5.32. The number of halogens is 1. The van der Waals surface area contributed by atoms with E-state index < -0.39 is 16.4 Å². The Morgan fingerprint density at radius 2 is 2.13 bits per heavy atom. The Bertz CT molecular complexity index is 441. The van der Waals surface area contributed by atoms with Crippen LogP contribution >= 0.6 is 11.6 Å². The minimum absolute atomic E-state index is 0.0130. The molecule has 0 heterocycles. The molecule has 0 bridgehead atoms. The maximum Gasteiger partial charge on any atom is 0.182 e. The van der Waals surface area contributed by atoms with Crippen molar-refractivity contribution in [2.45, 2.75) is 4.90 Å². The molecule has 0 aliphatic carbocycles. The van der Waals surface area contributed by atoms with Crippen LogP contribution in [0.5, 0.6) is 5.75 Å². The summed E-state index contributed by atoms with van der Waals surface area (Å²) in [6, 6.07) is 4.30. The molecule has 84 valence electrons. The van der Waals surface area contributed by atoms with E-state index in [0.29, 0.717) is 5.75 Å². The first-order valence-corrected chi connectivity index (χ1v) is 6.21. The monoisotopic (exact) mass is 250 g/mol. The number of sulfone groups is 1. The molecule has 0 saturated heterocycles.